The Hall–Kier alpha value is -2.17. The molecule has 0 spiro atoms. The van der Waals surface area contributed by atoms with Crippen LogP contribution in [0.4, 0.5) is 5.69 Å². The van der Waals surface area contributed by atoms with Gasteiger partial charge in [0.05, 0.1) is 5.69 Å². The average molecular weight is 316 g/mol. The molecule has 1 unspecified atom stereocenters. The summed E-state index contributed by atoms with van der Waals surface area (Å²) in [5.74, 6) is -1.32. The number of halogens is 1. The Bertz CT molecular complexity index is 773. The summed E-state index contributed by atoms with van der Waals surface area (Å²) in [7, 11) is 0. The maximum Gasteiger partial charge on any atom is 0.264 e. The number of amides is 1. The second kappa shape index (κ2) is 5.23. The van der Waals surface area contributed by atoms with Gasteiger partial charge in [-0.3, -0.25) is 9.59 Å². The molecule has 2 aromatic carbocycles. The fourth-order valence-corrected chi connectivity index (χ4v) is 2.79. The van der Waals surface area contributed by atoms with Gasteiger partial charge in [-0.25, -0.2) is 0 Å². The number of anilines is 1. The number of carbonyl (C=O) groups excluding carboxylic acids is 2. The summed E-state index contributed by atoms with van der Waals surface area (Å²) in [4.78, 5) is 25.0. The number of aliphatic hydroxyl groups is 1. The van der Waals surface area contributed by atoms with Crippen molar-refractivity contribution in [1.29, 1.82) is 0 Å². The van der Waals surface area contributed by atoms with E-state index in [2.05, 4.69) is 5.32 Å². The third kappa shape index (κ3) is 2.21. The SMILES string of the molecule is Cc1c(Cl)ccc2c1NC(=O)C(O)(Cc1ccccc1)C2=O. The van der Waals surface area contributed by atoms with Crippen molar-refractivity contribution in [3.8, 4) is 0 Å². The molecule has 5 heteroatoms. The van der Waals surface area contributed by atoms with Gasteiger partial charge in [-0.2, -0.15) is 0 Å². The van der Waals surface area contributed by atoms with Crippen molar-refractivity contribution in [2.24, 2.45) is 0 Å². The number of rotatable bonds is 2. The van der Waals surface area contributed by atoms with E-state index in [9.17, 15) is 14.7 Å². The van der Waals surface area contributed by atoms with E-state index in [1.165, 1.54) is 6.07 Å². The first kappa shape index (κ1) is 14.8. The summed E-state index contributed by atoms with van der Waals surface area (Å²) >= 11 is 6.02. The highest BCUT2D eigenvalue weighted by Crippen LogP contribution is 2.35. The standard InChI is InChI=1S/C17H14ClNO3/c1-10-13(18)8-7-12-14(10)19-16(21)17(22,15(12)20)9-11-5-3-2-4-6-11/h2-8,22H,9H2,1H3,(H,19,21). The van der Waals surface area contributed by atoms with Crippen LogP contribution in [0.1, 0.15) is 21.5 Å². The van der Waals surface area contributed by atoms with Crippen LogP contribution in [0.25, 0.3) is 0 Å². The van der Waals surface area contributed by atoms with Crippen LogP contribution in [0.2, 0.25) is 5.02 Å². The second-order valence-electron chi connectivity index (χ2n) is 5.40. The van der Waals surface area contributed by atoms with E-state index < -0.39 is 17.3 Å². The maximum atomic E-state index is 12.7. The van der Waals surface area contributed by atoms with Crippen LogP contribution in [0.15, 0.2) is 42.5 Å². The van der Waals surface area contributed by atoms with Gasteiger partial charge in [0.2, 0.25) is 11.4 Å². The number of hydrogen-bond donors (Lipinski definition) is 2. The van der Waals surface area contributed by atoms with E-state index in [0.717, 1.165) is 0 Å². The molecular formula is C17H14ClNO3. The number of fused-ring (bicyclic) bond motifs is 1. The molecule has 0 saturated heterocycles. The van der Waals surface area contributed by atoms with Crippen LogP contribution in [0.3, 0.4) is 0 Å². The Morgan fingerprint density at radius 1 is 1.14 bits per heavy atom. The molecule has 1 aliphatic rings. The largest absolute Gasteiger partial charge is 0.373 e. The zero-order valence-electron chi connectivity index (χ0n) is 11.9. The van der Waals surface area contributed by atoms with E-state index in [4.69, 9.17) is 11.6 Å². The molecule has 0 aromatic heterocycles. The summed E-state index contributed by atoms with van der Waals surface area (Å²) in [6.45, 7) is 1.72. The molecular weight excluding hydrogens is 302 g/mol. The summed E-state index contributed by atoms with van der Waals surface area (Å²) in [6.07, 6.45) is -0.0698. The van der Waals surface area contributed by atoms with E-state index >= 15 is 0 Å². The Balaban J connectivity index is 2.06. The highest BCUT2D eigenvalue weighted by molar-refractivity contribution is 6.33. The van der Waals surface area contributed by atoms with E-state index in [-0.39, 0.29) is 12.0 Å². The van der Waals surface area contributed by atoms with Crippen molar-refractivity contribution in [2.75, 3.05) is 5.32 Å². The molecule has 1 aliphatic heterocycles. The molecule has 1 heterocycles. The van der Waals surface area contributed by atoms with Crippen molar-refractivity contribution in [2.45, 2.75) is 18.9 Å². The third-order valence-corrected chi connectivity index (χ3v) is 4.35. The minimum Gasteiger partial charge on any atom is -0.373 e. The zero-order chi connectivity index (χ0) is 15.9. The Kier molecular flexibility index (Phi) is 3.51. The van der Waals surface area contributed by atoms with Crippen LogP contribution < -0.4 is 5.32 Å². The van der Waals surface area contributed by atoms with Crippen LogP contribution >= 0.6 is 11.6 Å². The summed E-state index contributed by atoms with van der Waals surface area (Å²) in [5.41, 5.74) is -0.125. The molecule has 0 fully saturated rings. The number of nitrogens with one attached hydrogen (secondary N) is 1. The number of benzene rings is 2. The lowest BCUT2D eigenvalue weighted by Crippen LogP contribution is -2.54. The van der Waals surface area contributed by atoms with Crippen molar-refractivity contribution in [3.63, 3.8) is 0 Å². The van der Waals surface area contributed by atoms with Gasteiger partial charge in [0, 0.05) is 17.0 Å². The normalized spacial score (nSPS) is 20.5. The fraction of sp³-hybridized carbons (Fsp3) is 0.176. The van der Waals surface area contributed by atoms with Crippen molar-refractivity contribution in [3.05, 3.63) is 64.2 Å². The molecule has 112 valence electrons. The zero-order valence-corrected chi connectivity index (χ0v) is 12.6. The molecule has 4 nitrogen and oxygen atoms in total. The predicted molar refractivity (Wildman–Crippen MR) is 84.2 cm³/mol. The number of hydrogen-bond acceptors (Lipinski definition) is 3. The minimum absolute atomic E-state index is 0.0698. The quantitative estimate of drug-likeness (QED) is 0.837. The van der Waals surface area contributed by atoms with Gasteiger partial charge < -0.3 is 10.4 Å². The van der Waals surface area contributed by atoms with Gasteiger partial charge in [0.1, 0.15) is 0 Å². The topological polar surface area (TPSA) is 66.4 Å². The molecule has 22 heavy (non-hydrogen) atoms. The first-order valence-electron chi connectivity index (χ1n) is 6.85. The predicted octanol–water partition coefficient (Wildman–Crippen LogP) is 2.76. The molecule has 0 aliphatic carbocycles. The van der Waals surface area contributed by atoms with E-state index in [0.29, 0.717) is 21.8 Å². The maximum absolute atomic E-state index is 12.7. The van der Waals surface area contributed by atoms with Crippen molar-refractivity contribution < 1.29 is 14.7 Å². The lowest BCUT2D eigenvalue weighted by atomic mass is 9.82. The first-order valence-corrected chi connectivity index (χ1v) is 7.23. The third-order valence-electron chi connectivity index (χ3n) is 3.94. The minimum atomic E-state index is -2.10. The summed E-state index contributed by atoms with van der Waals surface area (Å²) in [5, 5.41) is 13.7. The Labute approximate surface area is 132 Å². The van der Waals surface area contributed by atoms with Crippen LogP contribution in [0, 0.1) is 6.92 Å². The average Bonchev–Trinajstić information content (AvgIpc) is 2.51. The Morgan fingerprint density at radius 3 is 2.50 bits per heavy atom. The highest BCUT2D eigenvalue weighted by atomic mass is 35.5. The van der Waals surface area contributed by atoms with Crippen LogP contribution in [0.5, 0.6) is 0 Å². The second-order valence-corrected chi connectivity index (χ2v) is 5.81. The van der Waals surface area contributed by atoms with Gasteiger partial charge in [-0.15, -0.1) is 0 Å². The molecule has 1 amide bonds. The summed E-state index contributed by atoms with van der Waals surface area (Å²) in [6, 6.07) is 12.1. The van der Waals surface area contributed by atoms with Gasteiger partial charge >= 0.3 is 0 Å². The van der Waals surface area contributed by atoms with Crippen LogP contribution in [-0.2, 0) is 11.2 Å². The molecule has 2 N–H and O–H groups in total. The van der Waals surface area contributed by atoms with Gasteiger partial charge in [-0.1, -0.05) is 41.9 Å². The molecule has 3 rings (SSSR count). The molecule has 2 aromatic rings. The Morgan fingerprint density at radius 2 is 1.82 bits per heavy atom. The monoisotopic (exact) mass is 315 g/mol. The smallest absolute Gasteiger partial charge is 0.264 e. The van der Waals surface area contributed by atoms with E-state index in [1.807, 2.05) is 6.07 Å². The number of Topliss-reactive ketones (excluding diaryl/α,β-unsaturated/α-hetero) is 1. The van der Waals surface area contributed by atoms with Crippen molar-refractivity contribution >= 4 is 29.0 Å². The number of carbonyl (C=O) groups is 2. The summed E-state index contributed by atoms with van der Waals surface area (Å²) < 4.78 is 0. The molecule has 1 atom stereocenters. The number of ketones is 1. The van der Waals surface area contributed by atoms with Crippen molar-refractivity contribution in [1.82, 2.24) is 0 Å². The fourth-order valence-electron chi connectivity index (χ4n) is 2.63. The molecule has 0 radical (unpaired) electrons. The highest BCUT2D eigenvalue weighted by Gasteiger charge is 2.48. The first-order chi connectivity index (χ1) is 10.4. The molecule has 0 saturated carbocycles. The lowest BCUT2D eigenvalue weighted by molar-refractivity contribution is -0.130. The van der Waals surface area contributed by atoms with Gasteiger partial charge in [0.25, 0.3) is 5.91 Å². The van der Waals surface area contributed by atoms with Gasteiger partial charge in [-0.05, 0) is 30.2 Å². The molecule has 0 bridgehead atoms. The van der Waals surface area contributed by atoms with E-state index in [1.54, 1.807) is 37.3 Å². The van der Waals surface area contributed by atoms with Crippen LogP contribution in [-0.4, -0.2) is 22.4 Å². The van der Waals surface area contributed by atoms with Gasteiger partial charge in [0.15, 0.2) is 0 Å². The lowest BCUT2D eigenvalue weighted by Gasteiger charge is -2.32.